The number of rotatable bonds is 12. The molecule has 0 aliphatic carbocycles. The maximum absolute atomic E-state index is 12.7. The molecule has 0 radical (unpaired) electrons. The number of hydrogen-bond donors (Lipinski definition) is 4. The summed E-state index contributed by atoms with van der Waals surface area (Å²) in [5.41, 5.74) is 1.19. The monoisotopic (exact) mass is 469 g/mol. The van der Waals surface area contributed by atoms with Crippen LogP contribution in [0.5, 0.6) is 0 Å². The quantitative estimate of drug-likeness (QED) is 0.182. The molecule has 0 heterocycles. The Balaban J connectivity index is 0.00000512. The molecule has 0 saturated heterocycles. The number of carbonyl (C=O) groups excluding carboxylic acids is 1. The maximum atomic E-state index is 12.7. The summed E-state index contributed by atoms with van der Waals surface area (Å²) in [6.07, 6.45) is -0.855. The van der Waals surface area contributed by atoms with Crippen LogP contribution in [0.2, 0.25) is 0 Å². The van der Waals surface area contributed by atoms with Gasteiger partial charge in [0.25, 0.3) is 5.91 Å². The van der Waals surface area contributed by atoms with Crippen LogP contribution in [0.15, 0.2) is 60.7 Å². The van der Waals surface area contributed by atoms with Crippen molar-refractivity contribution in [3.05, 3.63) is 71.8 Å². The Bertz CT molecular complexity index is 899. The molecule has 1 amide bonds. The van der Waals surface area contributed by atoms with Crippen molar-refractivity contribution in [2.75, 3.05) is 6.29 Å². The topological polar surface area (TPSA) is 131 Å². The minimum Gasteiger partial charge on any atom is -0.787 e. The van der Waals surface area contributed by atoms with Crippen LogP contribution in [0, 0.1) is 5.92 Å². The van der Waals surface area contributed by atoms with Gasteiger partial charge in [-0.25, -0.2) is 0 Å². The van der Waals surface area contributed by atoms with Gasteiger partial charge in [0.2, 0.25) is 0 Å². The van der Waals surface area contributed by atoms with Crippen LogP contribution in [-0.2, 0) is 15.8 Å². The third kappa shape index (κ3) is 10.4. The van der Waals surface area contributed by atoms with E-state index < -0.39 is 37.9 Å². The molecule has 0 saturated carbocycles. The fourth-order valence-electron chi connectivity index (χ4n) is 3.10. The van der Waals surface area contributed by atoms with E-state index in [0.717, 1.165) is 5.56 Å². The van der Waals surface area contributed by atoms with Gasteiger partial charge in [0.05, 0.1) is 20.0 Å². The molecule has 0 bridgehead atoms. The third-order valence-corrected chi connectivity index (χ3v) is 5.81. The zero-order chi connectivity index (χ0) is 22.9. The summed E-state index contributed by atoms with van der Waals surface area (Å²) in [5, 5.41) is 17.4. The van der Waals surface area contributed by atoms with Gasteiger partial charge in [-0.05, 0) is 30.0 Å². The van der Waals surface area contributed by atoms with Crippen molar-refractivity contribution in [1.29, 1.82) is 0 Å². The van der Waals surface area contributed by atoms with E-state index in [4.69, 9.17) is 0 Å². The summed E-state index contributed by atoms with van der Waals surface area (Å²) in [4.78, 5) is 36.5. The van der Waals surface area contributed by atoms with E-state index in [1.165, 1.54) is 0 Å². The van der Waals surface area contributed by atoms with Crippen LogP contribution < -0.4 is 50.2 Å². The van der Waals surface area contributed by atoms with E-state index in [-0.39, 0.29) is 41.9 Å². The standard InChI is InChI=1S/C22H30N3O5P.Na/c1-16(2)13-19(22(27)28)24-20(14-17-9-5-3-6-10-17)25-31(29,30)15-23-21(26)18-11-7-4-8-12-18;/h3-12,16,19-20,24H,13-15H2,1-2H3,(H,23,26)(H,27,28)(H2,25,29,30);/q;+1/p-1. The average Bonchev–Trinajstić information content (AvgIpc) is 2.72. The van der Waals surface area contributed by atoms with E-state index in [0.29, 0.717) is 12.0 Å². The molecule has 8 nitrogen and oxygen atoms in total. The van der Waals surface area contributed by atoms with Gasteiger partial charge in [0.1, 0.15) is 6.04 Å². The van der Waals surface area contributed by atoms with E-state index >= 15 is 0 Å². The molecule has 0 fully saturated rings. The smallest absolute Gasteiger partial charge is 0.787 e. The van der Waals surface area contributed by atoms with Crippen LogP contribution in [0.3, 0.4) is 0 Å². The number of carbonyl (C=O) groups is 2. The molecule has 10 heteroatoms. The molecule has 168 valence electrons. The van der Waals surface area contributed by atoms with Crippen LogP contribution in [-0.4, -0.2) is 35.5 Å². The molecular weight excluding hydrogens is 440 g/mol. The van der Waals surface area contributed by atoms with Crippen molar-refractivity contribution in [2.24, 2.45) is 5.92 Å². The summed E-state index contributed by atoms with van der Waals surface area (Å²) < 4.78 is 12.7. The van der Waals surface area contributed by atoms with E-state index in [9.17, 15) is 24.2 Å². The molecule has 2 aromatic rings. The zero-order valence-electron chi connectivity index (χ0n) is 18.7. The number of aliphatic carboxylic acids is 1. The molecule has 0 aliphatic heterocycles. The molecular formula is C22H29N3NaO5P. The van der Waals surface area contributed by atoms with Crippen molar-refractivity contribution in [2.45, 2.75) is 38.9 Å². The Morgan fingerprint density at radius 2 is 1.59 bits per heavy atom. The molecule has 0 spiro atoms. The van der Waals surface area contributed by atoms with Gasteiger partial charge in [-0.1, -0.05) is 62.4 Å². The zero-order valence-corrected chi connectivity index (χ0v) is 21.5. The molecule has 3 unspecified atom stereocenters. The van der Waals surface area contributed by atoms with E-state index in [2.05, 4.69) is 15.7 Å². The largest absolute Gasteiger partial charge is 1.00 e. The second kappa shape index (κ2) is 13.9. The third-order valence-electron chi connectivity index (χ3n) is 4.53. The maximum Gasteiger partial charge on any atom is 1.00 e. The molecule has 0 aliphatic rings. The van der Waals surface area contributed by atoms with Crippen molar-refractivity contribution in [3.8, 4) is 0 Å². The van der Waals surface area contributed by atoms with Gasteiger partial charge in [0.15, 0.2) is 0 Å². The van der Waals surface area contributed by atoms with Crippen LogP contribution >= 0.6 is 7.52 Å². The molecule has 2 rings (SSSR count). The number of carboxylic acids is 1. The second-order valence-electron chi connectivity index (χ2n) is 7.76. The van der Waals surface area contributed by atoms with Gasteiger partial charge in [-0.3, -0.25) is 20.0 Å². The van der Waals surface area contributed by atoms with Crippen molar-refractivity contribution >= 4 is 19.4 Å². The number of amides is 1. The van der Waals surface area contributed by atoms with Crippen molar-refractivity contribution in [1.82, 2.24) is 15.7 Å². The summed E-state index contributed by atoms with van der Waals surface area (Å²) in [6.45, 7) is 3.80. The Labute approximate surface area is 211 Å². The van der Waals surface area contributed by atoms with Crippen molar-refractivity contribution in [3.63, 3.8) is 0 Å². The number of carboxylic acid groups (broad SMARTS) is 1. The van der Waals surface area contributed by atoms with Crippen molar-refractivity contribution < 1.29 is 53.7 Å². The summed E-state index contributed by atoms with van der Waals surface area (Å²) >= 11 is 0. The van der Waals surface area contributed by atoms with Gasteiger partial charge in [-0.2, -0.15) is 0 Å². The van der Waals surface area contributed by atoms with Gasteiger partial charge >= 0.3 is 35.5 Å². The molecule has 3 atom stereocenters. The second-order valence-corrected chi connectivity index (χ2v) is 9.68. The first-order valence-corrected chi connectivity index (χ1v) is 11.9. The first kappa shape index (κ1) is 28.5. The van der Waals surface area contributed by atoms with Gasteiger partial charge in [0, 0.05) is 12.0 Å². The van der Waals surface area contributed by atoms with Crippen LogP contribution in [0.25, 0.3) is 0 Å². The predicted octanol–water partition coefficient (Wildman–Crippen LogP) is -0.821. The number of hydrogen-bond acceptors (Lipinski definition) is 5. The minimum absolute atomic E-state index is 0. The number of nitrogens with one attached hydrogen (secondary N) is 3. The SMILES string of the molecule is CC(C)CC(NC(Cc1ccccc1)NP(=O)([O-])CNC(=O)c1ccccc1)C(=O)O.[Na+]. The molecule has 2 aromatic carbocycles. The Morgan fingerprint density at radius 3 is 2.12 bits per heavy atom. The van der Waals surface area contributed by atoms with Gasteiger partial charge < -0.3 is 19.9 Å². The first-order valence-electron chi connectivity index (χ1n) is 10.1. The fourth-order valence-corrected chi connectivity index (χ4v) is 4.18. The molecule has 4 N–H and O–H groups in total. The molecule has 32 heavy (non-hydrogen) atoms. The Hall–Kier alpha value is -1.51. The van der Waals surface area contributed by atoms with Crippen LogP contribution in [0.1, 0.15) is 36.2 Å². The van der Waals surface area contributed by atoms with E-state index in [1.54, 1.807) is 30.3 Å². The first-order chi connectivity index (χ1) is 14.7. The fraction of sp³-hybridized carbons (Fsp3) is 0.364. The molecule has 0 aromatic heterocycles. The average molecular weight is 469 g/mol. The van der Waals surface area contributed by atoms with E-state index in [1.807, 2.05) is 44.2 Å². The Morgan fingerprint density at radius 1 is 1.03 bits per heavy atom. The van der Waals surface area contributed by atoms with Crippen LogP contribution in [0.4, 0.5) is 0 Å². The minimum atomic E-state index is -4.27. The van der Waals surface area contributed by atoms with Gasteiger partial charge in [-0.15, -0.1) is 0 Å². The predicted molar refractivity (Wildman–Crippen MR) is 117 cm³/mol. The summed E-state index contributed by atoms with van der Waals surface area (Å²) in [6, 6.07) is 16.5. The summed E-state index contributed by atoms with van der Waals surface area (Å²) in [7, 11) is -4.27. The normalized spacial score (nSPS) is 14.6. The Kier molecular flexibility index (Phi) is 12.4. The summed E-state index contributed by atoms with van der Waals surface area (Å²) in [5.74, 6) is -1.45. The number of benzene rings is 2.